The molecule has 1 rings (SSSR count). The van der Waals surface area contributed by atoms with E-state index in [1.165, 1.54) is 0 Å². The molecule has 0 unspecified atom stereocenters. The molecule has 0 aromatic heterocycles. The maximum Gasteiger partial charge on any atom is 0.409 e. The molecule has 0 spiro atoms. The highest BCUT2D eigenvalue weighted by molar-refractivity contribution is 9.10. The molecule has 0 aliphatic carbocycles. The number of carbonyl (C=O) groups excluding carboxylic acids is 2. The number of halogens is 1. The molecular formula is C23H40BrN5O5. The Hall–Kier alpha value is -2.21. The highest BCUT2D eigenvalue weighted by Crippen LogP contribution is 2.16. The van der Waals surface area contributed by atoms with Crippen LogP contribution in [0.5, 0.6) is 0 Å². The molecular weight excluding hydrogens is 506 g/mol. The Kier molecular flexibility index (Phi) is 17.0. The average molecular weight is 547 g/mol. The predicted molar refractivity (Wildman–Crippen MR) is 137 cm³/mol. The van der Waals surface area contributed by atoms with Crippen molar-refractivity contribution in [1.29, 1.82) is 0 Å². The van der Waals surface area contributed by atoms with Gasteiger partial charge in [-0.05, 0) is 48.9 Å². The standard InChI is InChI=1S/C16H34N4O3.C7H6BrNO2/c1-11(2)9-13(15(21)19-7-5-17)23-14(10-12(3)4)16(22)20-8-6-18;8-5-1-3-6(4-2-5)9-7(10)11/h11-14H,5-10,17-18H2,1-4H3,(H,19,21)(H,20,22);1-4,9H,(H,10,11)/t13-,14-;/m0./s1. The molecule has 0 saturated carbocycles. The lowest BCUT2D eigenvalue weighted by atomic mass is 10.0. The van der Waals surface area contributed by atoms with E-state index in [1.54, 1.807) is 24.3 Å². The van der Waals surface area contributed by atoms with Gasteiger partial charge in [0.2, 0.25) is 11.8 Å². The summed E-state index contributed by atoms with van der Waals surface area (Å²) in [5, 5.41) is 16.0. The van der Waals surface area contributed by atoms with Crippen LogP contribution >= 0.6 is 15.9 Å². The quantitative estimate of drug-likeness (QED) is 0.221. The number of rotatable bonds is 13. The van der Waals surface area contributed by atoms with Crippen LogP contribution in [0.25, 0.3) is 0 Å². The van der Waals surface area contributed by atoms with E-state index in [4.69, 9.17) is 21.3 Å². The number of hydrogen-bond donors (Lipinski definition) is 6. The molecule has 0 aliphatic rings. The molecule has 2 atom stereocenters. The molecule has 3 amide bonds. The summed E-state index contributed by atoms with van der Waals surface area (Å²) in [5.41, 5.74) is 11.4. The summed E-state index contributed by atoms with van der Waals surface area (Å²) in [6, 6.07) is 6.90. The Morgan fingerprint density at radius 2 is 1.29 bits per heavy atom. The van der Waals surface area contributed by atoms with E-state index < -0.39 is 18.3 Å². The van der Waals surface area contributed by atoms with Crippen LogP contribution in [-0.4, -0.2) is 61.4 Å². The van der Waals surface area contributed by atoms with Gasteiger partial charge in [-0.25, -0.2) is 4.79 Å². The number of carbonyl (C=O) groups is 3. The first-order valence-electron chi connectivity index (χ1n) is 11.4. The summed E-state index contributed by atoms with van der Waals surface area (Å²) in [4.78, 5) is 34.6. The van der Waals surface area contributed by atoms with Crippen molar-refractivity contribution in [2.75, 3.05) is 31.5 Å². The van der Waals surface area contributed by atoms with Crippen molar-refractivity contribution in [3.8, 4) is 0 Å². The van der Waals surface area contributed by atoms with Gasteiger partial charge in [-0.15, -0.1) is 0 Å². The summed E-state index contributed by atoms with van der Waals surface area (Å²) < 4.78 is 6.81. The summed E-state index contributed by atoms with van der Waals surface area (Å²) in [6.07, 6.45) is -1.26. The zero-order chi connectivity index (χ0) is 26.1. The molecule has 0 heterocycles. The summed E-state index contributed by atoms with van der Waals surface area (Å²) in [7, 11) is 0. The number of nitrogens with one attached hydrogen (secondary N) is 3. The van der Waals surface area contributed by atoms with Gasteiger partial charge in [0, 0.05) is 36.3 Å². The Balaban J connectivity index is 0.000000818. The maximum atomic E-state index is 12.3. The van der Waals surface area contributed by atoms with Crippen LogP contribution in [0.15, 0.2) is 28.7 Å². The smallest absolute Gasteiger partial charge is 0.409 e. The number of carboxylic acid groups (broad SMARTS) is 1. The number of benzene rings is 1. The van der Waals surface area contributed by atoms with E-state index >= 15 is 0 Å². The Morgan fingerprint density at radius 1 is 0.882 bits per heavy atom. The fourth-order valence-electron chi connectivity index (χ4n) is 2.78. The van der Waals surface area contributed by atoms with Crippen LogP contribution in [0.3, 0.4) is 0 Å². The van der Waals surface area contributed by atoms with Crippen LogP contribution in [0.2, 0.25) is 0 Å². The second kappa shape index (κ2) is 18.2. The molecule has 0 saturated heterocycles. The molecule has 1 aromatic rings. The topological polar surface area (TPSA) is 169 Å². The monoisotopic (exact) mass is 545 g/mol. The van der Waals surface area contributed by atoms with Crippen molar-refractivity contribution in [2.24, 2.45) is 23.3 Å². The molecule has 194 valence electrons. The van der Waals surface area contributed by atoms with Gasteiger partial charge in [0.1, 0.15) is 12.2 Å². The van der Waals surface area contributed by atoms with Crippen molar-refractivity contribution >= 4 is 39.5 Å². The zero-order valence-electron chi connectivity index (χ0n) is 20.5. The van der Waals surface area contributed by atoms with E-state index in [9.17, 15) is 14.4 Å². The third kappa shape index (κ3) is 15.6. The van der Waals surface area contributed by atoms with Gasteiger partial charge < -0.3 is 31.9 Å². The Morgan fingerprint density at radius 3 is 1.62 bits per heavy atom. The van der Waals surface area contributed by atoms with E-state index in [-0.39, 0.29) is 23.7 Å². The van der Waals surface area contributed by atoms with Crippen LogP contribution in [0, 0.1) is 11.8 Å². The lowest BCUT2D eigenvalue weighted by Gasteiger charge is -2.26. The molecule has 0 radical (unpaired) electrons. The SMILES string of the molecule is CC(C)C[C@H](O[C@@H](CC(C)C)C(=O)NCCN)C(=O)NCCN.O=C(O)Nc1ccc(Br)cc1. The molecule has 1 aromatic carbocycles. The number of hydrogen-bond acceptors (Lipinski definition) is 6. The summed E-state index contributed by atoms with van der Waals surface area (Å²) in [5.74, 6) is 0.111. The summed E-state index contributed by atoms with van der Waals surface area (Å²) in [6.45, 7) is 9.57. The van der Waals surface area contributed by atoms with Crippen LogP contribution in [-0.2, 0) is 14.3 Å². The van der Waals surface area contributed by atoms with E-state index in [0.717, 1.165) is 4.47 Å². The third-order valence-electron chi connectivity index (χ3n) is 4.27. The number of nitrogens with two attached hydrogens (primary N) is 2. The Labute approximate surface area is 210 Å². The van der Waals surface area contributed by atoms with Gasteiger partial charge in [-0.3, -0.25) is 14.9 Å². The lowest BCUT2D eigenvalue weighted by molar-refractivity contribution is -0.148. The first-order valence-corrected chi connectivity index (χ1v) is 12.2. The highest BCUT2D eigenvalue weighted by atomic mass is 79.9. The minimum atomic E-state index is -1.05. The van der Waals surface area contributed by atoms with Crippen molar-refractivity contribution in [3.63, 3.8) is 0 Å². The highest BCUT2D eigenvalue weighted by Gasteiger charge is 2.28. The van der Waals surface area contributed by atoms with Gasteiger partial charge in [-0.1, -0.05) is 43.6 Å². The van der Waals surface area contributed by atoms with Crippen LogP contribution < -0.4 is 27.4 Å². The van der Waals surface area contributed by atoms with Gasteiger partial charge in [0.05, 0.1) is 0 Å². The molecule has 8 N–H and O–H groups in total. The van der Waals surface area contributed by atoms with Crippen molar-refractivity contribution in [2.45, 2.75) is 52.7 Å². The molecule has 0 aliphatic heterocycles. The van der Waals surface area contributed by atoms with Crippen molar-refractivity contribution in [1.82, 2.24) is 10.6 Å². The van der Waals surface area contributed by atoms with E-state index in [1.807, 2.05) is 27.7 Å². The molecule has 0 fully saturated rings. The normalized spacial score (nSPS) is 12.4. The third-order valence-corrected chi connectivity index (χ3v) is 4.80. The minimum absolute atomic E-state index is 0.218. The molecule has 0 bridgehead atoms. The van der Waals surface area contributed by atoms with E-state index in [0.29, 0.717) is 44.7 Å². The number of anilines is 1. The maximum absolute atomic E-state index is 12.3. The first-order chi connectivity index (χ1) is 16.0. The second-order valence-electron chi connectivity index (χ2n) is 8.47. The lowest BCUT2D eigenvalue weighted by Crippen LogP contribution is -2.46. The predicted octanol–water partition coefficient (Wildman–Crippen LogP) is 2.52. The fraction of sp³-hybridized carbons (Fsp3) is 0.609. The summed E-state index contributed by atoms with van der Waals surface area (Å²) >= 11 is 3.24. The second-order valence-corrected chi connectivity index (χ2v) is 9.38. The molecule has 11 heteroatoms. The average Bonchev–Trinajstić information content (AvgIpc) is 2.75. The van der Waals surface area contributed by atoms with Gasteiger partial charge in [0.15, 0.2) is 0 Å². The van der Waals surface area contributed by atoms with E-state index in [2.05, 4.69) is 31.9 Å². The number of ether oxygens (including phenoxy) is 1. The van der Waals surface area contributed by atoms with Gasteiger partial charge in [-0.2, -0.15) is 0 Å². The fourth-order valence-corrected chi connectivity index (χ4v) is 3.04. The van der Waals surface area contributed by atoms with Crippen LogP contribution in [0.1, 0.15) is 40.5 Å². The first kappa shape index (κ1) is 31.8. The largest absolute Gasteiger partial charge is 0.465 e. The van der Waals surface area contributed by atoms with Crippen LogP contribution in [0.4, 0.5) is 10.5 Å². The Bertz CT molecular complexity index is 699. The van der Waals surface area contributed by atoms with Crippen molar-refractivity contribution in [3.05, 3.63) is 28.7 Å². The van der Waals surface area contributed by atoms with Crippen molar-refractivity contribution < 1.29 is 24.2 Å². The molecule has 34 heavy (non-hydrogen) atoms. The zero-order valence-corrected chi connectivity index (χ0v) is 22.1. The van der Waals surface area contributed by atoms with Gasteiger partial charge >= 0.3 is 6.09 Å². The number of amides is 3. The molecule has 10 nitrogen and oxygen atoms in total. The minimum Gasteiger partial charge on any atom is -0.465 e. The van der Waals surface area contributed by atoms with Gasteiger partial charge in [0.25, 0.3) is 0 Å².